The molecule has 0 amide bonds. The van der Waals surface area contributed by atoms with Crippen LogP contribution < -0.4 is 0 Å². The van der Waals surface area contributed by atoms with Crippen molar-refractivity contribution in [2.45, 2.75) is 51.7 Å². The molecule has 0 atom stereocenters. The standard InChI is InChI=1S/C14H25NOSi/c1-12(16-17(2,3)4)13-8-7-9-14(13)15-10-5-6-11-15/h1,5-11H2,2-4H3. The van der Waals surface area contributed by atoms with Crippen molar-refractivity contribution >= 4 is 8.32 Å². The molecule has 2 rings (SSSR count). The minimum Gasteiger partial charge on any atom is -0.544 e. The van der Waals surface area contributed by atoms with Crippen LogP contribution in [0.1, 0.15) is 32.1 Å². The monoisotopic (exact) mass is 251 g/mol. The van der Waals surface area contributed by atoms with Gasteiger partial charge in [-0.3, -0.25) is 0 Å². The Kier molecular flexibility index (Phi) is 3.66. The average molecular weight is 251 g/mol. The van der Waals surface area contributed by atoms with Crippen LogP contribution in [-0.2, 0) is 4.43 Å². The molecule has 2 nitrogen and oxygen atoms in total. The fraction of sp³-hybridized carbons (Fsp3) is 0.714. The molecule has 1 saturated heterocycles. The van der Waals surface area contributed by atoms with Crippen LogP contribution in [0.25, 0.3) is 0 Å². The van der Waals surface area contributed by atoms with Crippen LogP contribution in [0.5, 0.6) is 0 Å². The summed E-state index contributed by atoms with van der Waals surface area (Å²) in [6, 6.07) is 0. The molecule has 1 aliphatic heterocycles. The number of nitrogens with zero attached hydrogens (tertiary/aromatic N) is 1. The second-order valence-corrected chi connectivity index (χ2v) is 10.5. The summed E-state index contributed by atoms with van der Waals surface area (Å²) in [5.41, 5.74) is 2.94. The zero-order chi connectivity index (χ0) is 12.5. The molecule has 1 heterocycles. The van der Waals surface area contributed by atoms with Crippen LogP contribution in [0.3, 0.4) is 0 Å². The SMILES string of the molecule is C=C(O[Si](C)(C)C)C1=C(N2CCCC2)CCC1. The molecule has 2 aliphatic rings. The molecule has 1 fully saturated rings. The summed E-state index contributed by atoms with van der Waals surface area (Å²) >= 11 is 0. The maximum Gasteiger partial charge on any atom is 0.242 e. The number of likely N-dealkylation sites (tertiary alicyclic amines) is 1. The van der Waals surface area contributed by atoms with Crippen LogP contribution in [0.2, 0.25) is 19.6 Å². The lowest BCUT2D eigenvalue weighted by Gasteiger charge is -2.25. The molecule has 3 heteroatoms. The number of rotatable bonds is 4. The highest BCUT2D eigenvalue weighted by Crippen LogP contribution is 2.35. The fourth-order valence-electron chi connectivity index (χ4n) is 2.80. The molecule has 0 bridgehead atoms. The van der Waals surface area contributed by atoms with Gasteiger partial charge in [0.1, 0.15) is 5.76 Å². The Hall–Kier alpha value is -0.703. The summed E-state index contributed by atoms with van der Waals surface area (Å²) in [5.74, 6) is 0.962. The van der Waals surface area contributed by atoms with Crippen LogP contribution in [-0.4, -0.2) is 26.3 Å². The van der Waals surface area contributed by atoms with Crippen molar-refractivity contribution in [3.05, 3.63) is 23.6 Å². The fourth-order valence-corrected chi connectivity index (χ4v) is 3.66. The number of hydrogen-bond acceptors (Lipinski definition) is 2. The Labute approximate surface area is 106 Å². The maximum absolute atomic E-state index is 6.07. The van der Waals surface area contributed by atoms with Crippen molar-refractivity contribution in [3.63, 3.8) is 0 Å². The van der Waals surface area contributed by atoms with Gasteiger partial charge >= 0.3 is 0 Å². The second kappa shape index (κ2) is 4.89. The molecular weight excluding hydrogens is 226 g/mol. The van der Waals surface area contributed by atoms with Crippen molar-refractivity contribution in [1.29, 1.82) is 0 Å². The van der Waals surface area contributed by atoms with E-state index in [1.165, 1.54) is 50.0 Å². The van der Waals surface area contributed by atoms with Crippen molar-refractivity contribution in [2.24, 2.45) is 0 Å². The predicted octanol–water partition coefficient (Wildman–Crippen LogP) is 3.89. The van der Waals surface area contributed by atoms with Gasteiger partial charge in [-0.1, -0.05) is 6.58 Å². The lowest BCUT2D eigenvalue weighted by Crippen LogP contribution is -2.26. The molecule has 1 aliphatic carbocycles. The Morgan fingerprint density at radius 1 is 1.12 bits per heavy atom. The summed E-state index contributed by atoms with van der Waals surface area (Å²) < 4.78 is 6.07. The molecule has 17 heavy (non-hydrogen) atoms. The van der Waals surface area contributed by atoms with Gasteiger partial charge in [0, 0.05) is 24.4 Å². The zero-order valence-electron chi connectivity index (χ0n) is 11.5. The summed E-state index contributed by atoms with van der Waals surface area (Å²) in [7, 11) is -1.51. The first kappa shape index (κ1) is 12.7. The van der Waals surface area contributed by atoms with Crippen LogP contribution in [0.4, 0.5) is 0 Å². The van der Waals surface area contributed by atoms with Gasteiger partial charge in [-0.05, 0) is 51.7 Å². The highest BCUT2D eigenvalue weighted by molar-refractivity contribution is 6.70. The van der Waals surface area contributed by atoms with Gasteiger partial charge in [0.15, 0.2) is 0 Å². The Morgan fingerprint density at radius 2 is 1.76 bits per heavy atom. The first-order valence-corrected chi connectivity index (χ1v) is 10.2. The van der Waals surface area contributed by atoms with Crippen LogP contribution in [0.15, 0.2) is 23.6 Å². The molecule has 0 N–H and O–H groups in total. The van der Waals surface area contributed by atoms with Gasteiger partial charge in [-0.25, -0.2) is 0 Å². The Balaban J connectivity index is 2.11. The van der Waals surface area contributed by atoms with E-state index in [1.807, 2.05) is 0 Å². The van der Waals surface area contributed by atoms with E-state index in [9.17, 15) is 0 Å². The van der Waals surface area contributed by atoms with Crippen LogP contribution in [0, 0.1) is 0 Å². The quantitative estimate of drug-likeness (QED) is 0.555. The lowest BCUT2D eigenvalue weighted by molar-refractivity contribution is 0.398. The third-order valence-electron chi connectivity index (χ3n) is 3.44. The second-order valence-electron chi connectivity index (χ2n) is 6.11. The van der Waals surface area contributed by atoms with E-state index in [0.717, 1.165) is 12.2 Å². The summed E-state index contributed by atoms with van der Waals surface area (Å²) in [6.45, 7) is 13.3. The first-order chi connectivity index (χ1) is 7.97. The Bertz CT molecular complexity index is 335. The van der Waals surface area contributed by atoms with E-state index in [2.05, 4.69) is 31.1 Å². The Morgan fingerprint density at radius 3 is 2.35 bits per heavy atom. The molecule has 0 unspecified atom stereocenters. The molecule has 0 aromatic heterocycles. The molecule has 0 aromatic carbocycles. The van der Waals surface area contributed by atoms with Gasteiger partial charge in [-0.2, -0.15) is 0 Å². The van der Waals surface area contributed by atoms with Crippen molar-refractivity contribution < 1.29 is 4.43 Å². The third kappa shape index (κ3) is 3.15. The largest absolute Gasteiger partial charge is 0.544 e. The summed E-state index contributed by atoms with van der Waals surface area (Å²) in [4.78, 5) is 2.56. The van der Waals surface area contributed by atoms with Gasteiger partial charge in [0.25, 0.3) is 0 Å². The highest BCUT2D eigenvalue weighted by Gasteiger charge is 2.26. The first-order valence-electron chi connectivity index (χ1n) is 6.82. The highest BCUT2D eigenvalue weighted by atomic mass is 28.4. The van der Waals surface area contributed by atoms with E-state index >= 15 is 0 Å². The smallest absolute Gasteiger partial charge is 0.242 e. The topological polar surface area (TPSA) is 12.5 Å². The zero-order valence-corrected chi connectivity index (χ0v) is 12.5. The van der Waals surface area contributed by atoms with E-state index < -0.39 is 8.32 Å². The maximum atomic E-state index is 6.07. The van der Waals surface area contributed by atoms with E-state index in [1.54, 1.807) is 0 Å². The summed E-state index contributed by atoms with van der Waals surface area (Å²) in [6.07, 6.45) is 6.35. The molecule has 0 spiro atoms. The minimum absolute atomic E-state index is 0.962. The van der Waals surface area contributed by atoms with Gasteiger partial charge in [0.05, 0.1) is 0 Å². The van der Waals surface area contributed by atoms with Crippen molar-refractivity contribution in [3.8, 4) is 0 Å². The van der Waals surface area contributed by atoms with E-state index in [0.29, 0.717) is 0 Å². The summed E-state index contributed by atoms with van der Waals surface area (Å²) in [5, 5.41) is 0. The molecule has 96 valence electrons. The lowest BCUT2D eigenvalue weighted by atomic mass is 10.2. The van der Waals surface area contributed by atoms with Gasteiger partial charge in [-0.15, -0.1) is 0 Å². The average Bonchev–Trinajstić information content (AvgIpc) is 2.85. The van der Waals surface area contributed by atoms with Crippen molar-refractivity contribution in [1.82, 2.24) is 4.90 Å². The molecular formula is C14H25NOSi. The van der Waals surface area contributed by atoms with E-state index in [4.69, 9.17) is 4.43 Å². The van der Waals surface area contributed by atoms with Crippen molar-refractivity contribution in [2.75, 3.05) is 13.1 Å². The van der Waals surface area contributed by atoms with Gasteiger partial charge in [0.2, 0.25) is 8.32 Å². The minimum atomic E-state index is -1.51. The van der Waals surface area contributed by atoms with Crippen LogP contribution >= 0.6 is 0 Å². The number of hydrogen-bond donors (Lipinski definition) is 0. The molecule has 0 radical (unpaired) electrons. The predicted molar refractivity (Wildman–Crippen MR) is 75.3 cm³/mol. The van der Waals surface area contributed by atoms with Gasteiger partial charge < -0.3 is 9.33 Å². The molecule has 0 aromatic rings. The molecule has 0 saturated carbocycles. The number of allylic oxidation sites excluding steroid dienone is 2. The van der Waals surface area contributed by atoms with E-state index in [-0.39, 0.29) is 0 Å². The normalized spacial score (nSPS) is 21.2. The third-order valence-corrected chi connectivity index (χ3v) is 4.30.